The lowest BCUT2D eigenvalue weighted by molar-refractivity contribution is 0.176. The van der Waals surface area contributed by atoms with Gasteiger partial charge < -0.3 is 4.52 Å². The van der Waals surface area contributed by atoms with Gasteiger partial charge in [-0.25, -0.2) is 0 Å². The number of halogens is 1. The van der Waals surface area contributed by atoms with E-state index in [1.165, 1.54) is 18.4 Å². The summed E-state index contributed by atoms with van der Waals surface area (Å²) in [6.07, 6.45) is 2.38. The summed E-state index contributed by atoms with van der Waals surface area (Å²) in [5.41, 5.74) is 1.19. The fourth-order valence-electron chi connectivity index (χ4n) is 2.30. The van der Waals surface area contributed by atoms with Crippen LogP contribution in [-0.4, -0.2) is 21.1 Å². The predicted octanol–water partition coefficient (Wildman–Crippen LogP) is 4.01. The van der Waals surface area contributed by atoms with E-state index in [0.29, 0.717) is 24.4 Å². The minimum atomic E-state index is 0.389. The highest BCUT2D eigenvalue weighted by Gasteiger charge is 2.29. The lowest BCUT2D eigenvalue weighted by Crippen LogP contribution is -2.30. The molecule has 0 amide bonds. The van der Waals surface area contributed by atoms with Gasteiger partial charge in [0.25, 0.3) is 0 Å². The molecule has 1 aliphatic carbocycles. The summed E-state index contributed by atoms with van der Waals surface area (Å²) in [6, 6.07) is 8.35. The third-order valence-electron chi connectivity index (χ3n) is 3.77. The summed E-state index contributed by atoms with van der Waals surface area (Å²) < 4.78 is 5.38. The highest BCUT2D eigenvalue weighted by Crippen LogP contribution is 2.38. The van der Waals surface area contributed by atoms with Crippen molar-refractivity contribution in [1.82, 2.24) is 15.0 Å². The molecule has 4 nitrogen and oxygen atoms in total. The average molecular weight is 306 g/mol. The molecule has 1 saturated carbocycles. The molecule has 21 heavy (non-hydrogen) atoms. The summed E-state index contributed by atoms with van der Waals surface area (Å²) in [7, 11) is 0. The Morgan fingerprint density at radius 2 is 2.14 bits per heavy atom. The van der Waals surface area contributed by atoms with E-state index in [1.54, 1.807) is 0 Å². The predicted molar refractivity (Wildman–Crippen MR) is 82.1 cm³/mol. The van der Waals surface area contributed by atoms with Crippen LogP contribution in [0.2, 0.25) is 5.02 Å². The number of aromatic nitrogens is 2. The van der Waals surface area contributed by atoms with Crippen LogP contribution >= 0.6 is 11.6 Å². The van der Waals surface area contributed by atoms with Gasteiger partial charge in [0.1, 0.15) is 0 Å². The summed E-state index contributed by atoms with van der Waals surface area (Å²) >= 11 is 6.05. The van der Waals surface area contributed by atoms with Crippen LogP contribution in [0.3, 0.4) is 0 Å². The van der Waals surface area contributed by atoms with Crippen LogP contribution in [0.5, 0.6) is 0 Å². The van der Waals surface area contributed by atoms with Crippen molar-refractivity contribution in [1.29, 1.82) is 0 Å². The summed E-state index contributed by atoms with van der Waals surface area (Å²) in [6.45, 7) is 5.83. The molecule has 0 atom stereocenters. The SMILES string of the molecule is CC(C)N(Cc1cccc(Cl)c1)Cc1nc(C2CC2)no1. The molecule has 1 fully saturated rings. The summed E-state index contributed by atoms with van der Waals surface area (Å²) in [5.74, 6) is 2.10. The first kappa shape index (κ1) is 14.5. The van der Waals surface area contributed by atoms with E-state index in [9.17, 15) is 0 Å². The van der Waals surface area contributed by atoms with Crippen molar-refractivity contribution < 1.29 is 4.52 Å². The standard InChI is InChI=1S/C16H20ClN3O/c1-11(2)20(9-12-4-3-5-14(17)8-12)10-15-18-16(19-21-15)13-6-7-13/h3-5,8,11,13H,6-7,9-10H2,1-2H3. The molecule has 1 aliphatic rings. The summed E-state index contributed by atoms with van der Waals surface area (Å²) in [4.78, 5) is 6.81. The van der Waals surface area contributed by atoms with Gasteiger partial charge in [-0.05, 0) is 44.4 Å². The molecule has 5 heteroatoms. The Hall–Kier alpha value is -1.39. The van der Waals surface area contributed by atoms with E-state index >= 15 is 0 Å². The largest absolute Gasteiger partial charge is 0.338 e. The fourth-order valence-corrected chi connectivity index (χ4v) is 2.52. The smallest absolute Gasteiger partial charge is 0.240 e. The maximum atomic E-state index is 6.05. The Morgan fingerprint density at radius 3 is 2.81 bits per heavy atom. The molecule has 0 bridgehead atoms. The van der Waals surface area contributed by atoms with Gasteiger partial charge in [-0.2, -0.15) is 4.98 Å². The van der Waals surface area contributed by atoms with Crippen LogP contribution in [0, 0.1) is 0 Å². The van der Waals surface area contributed by atoms with Crippen LogP contribution in [-0.2, 0) is 13.1 Å². The van der Waals surface area contributed by atoms with Gasteiger partial charge in [0.15, 0.2) is 5.82 Å². The maximum Gasteiger partial charge on any atom is 0.240 e. The average Bonchev–Trinajstić information content (AvgIpc) is 3.18. The van der Waals surface area contributed by atoms with Gasteiger partial charge >= 0.3 is 0 Å². The quantitative estimate of drug-likeness (QED) is 0.808. The van der Waals surface area contributed by atoms with Gasteiger partial charge in [-0.1, -0.05) is 28.9 Å². The molecular formula is C16H20ClN3O. The first-order valence-electron chi connectivity index (χ1n) is 7.43. The molecule has 0 N–H and O–H groups in total. The minimum absolute atomic E-state index is 0.389. The first-order chi connectivity index (χ1) is 10.1. The molecule has 112 valence electrons. The molecule has 1 aromatic heterocycles. The third kappa shape index (κ3) is 3.83. The maximum absolute atomic E-state index is 6.05. The zero-order valence-electron chi connectivity index (χ0n) is 12.4. The van der Waals surface area contributed by atoms with Gasteiger partial charge in [0, 0.05) is 23.5 Å². The Balaban J connectivity index is 1.68. The second-order valence-corrected chi connectivity index (χ2v) is 6.39. The molecule has 3 rings (SSSR count). The molecule has 2 aromatic rings. The minimum Gasteiger partial charge on any atom is -0.338 e. The van der Waals surface area contributed by atoms with Crippen LogP contribution < -0.4 is 0 Å². The second-order valence-electron chi connectivity index (χ2n) is 5.95. The van der Waals surface area contributed by atoms with Crippen molar-refractivity contribution in [2.24, 2.45) is 0 Å². The van der Waals surface area contributed by atoms with Crippen LogP contribution in [0.15, 0.2) is 28.8 Å². The summed E-state index contributed by atoms with van der Waals surface area (Å²) in [5, 5.41) is 4.85. The van der Waals surface area contributed by atoms with E-state index < -0.39 is 0 Å². The monoisotopic (exact) mass is 305 g/mol. The van der Waals surface area contributed by atoms with E-state index in [2.05, 4.69) is 35.0 Å². The zero-order valence-corrected chi connectivity index (χ0v) is 13.2. The number of hydrogen-bond donors (Lipinski definition) is 0. The Morgan fingerprint density at radius 1 is 1.33 bits per heavy atom. The molecule has 1 heterocycles. The van der Waals surface area contributed by atoms with Crippen LogP contribution in [0.1, 0.15) is 49.9 Å². The highest BCUT2D eigenvalue weighted by atomic mass is 35.5. The van der Waals surface area contributed by atoms with E-state index in [0.717, 1.165) is 17.4 Å². The molecule has 0 unspecified atom stereocenters. The first-order valence-corrected chi connectivity index (χ1v) is 7.80. The van der Waals surface area contributed by atoms with Crippen molar-refractivity contribution in [3.63, 3.8) is 0 Å². The van der Waals surface area contributed by atoms with E-state index in [1.807, 2.05) is 18.2 Å². The van der Waals surface area contributed by atoms with Gasteiger partial charge in [0.2, 0.25) is 5.89 Å². The number of hydrogen-bond acceptors (Lipinski definition) is 4. The topological polar surface area (TPSA) is 42.2 Å². The molecular weight excluding hydrogens is 286 g/mol. The van der Waals surface area contributed by atoms with Crippen molar-refractivity contribution in [2.75, 3.05) is 0 Å². The molecule has 0 spiro atoms. The Labute approximate surface area is 130 Å². The van der Waals surface area contributed by atoms with E-state index in [-0.39, 0.29) is 0 Å². The van der Waals surface area contributed by atoms with E-state index in [4.69, 9.17) is 16.1 Å². The molecule has 0 aliphatic heterocycles. The fraction of sp³-hybridized carbons (Fsp3) is 0.500. The molecule has 0 radical (unpaired) electrons. The number of rotatable bonds is 6. The zero-order chi connectivity index (χ0) is 14.8. The normalized spacial score (nSPS) is 15.1. The Bertz CT molecular complexity index is 607. The highest BCUT2D eigenvalue weighted by molar-refractivity contribution is 6.30. The number of benzene rings is 1. The number of nitrogens with zero attached hydrogens (tertiary/aromatic N) is 3. The van der Waals surface area contributed by atoms with Crippen LogP contribution in [0.4, 0.5) is 0 Å². The van der Waals surface area contributed by atoms with Gasteiger partial charge in [-0.15, -0.1) is 0 Å². The Kier molecular flexibility index (Phi) is 4.27. The molecule has 0 saturated heterocycles. The van der Waals surface area contributed by atoms with Crippen molar-refractivity contribution in [2.45, 2.75) is 51.7 Å². The third-order valence-corrected chi connectivity index (χ3v) is 4.00. The second kappa shape index (κ2) is 6.16. The van der Waals surface area contributed by atoms with Crippen molar-refractivity contribution >= 4 is 11.6 Å². The van der Waals surface area contributed by atoms with Crippen LogP contribution in [0.25, 0.3) is 0 Å². The lowest BCUT2D eigenvalue weighted by Gasteiger charge is -2.24. The molecule has 1 aromatic carbocycles. The van der Waals surface area contributed by atoms with Crippen molar-refractivity contribution in [3.05, 3.63) is 46.6 Å². The van der Waals surface area contributed by atoms with Crippen molar-refractivity contribution in [3.8, 4) is 0 Å². The van der Waals surface area contributed by atoms with Gasteiger partial charge in [0.05, 0.1) is 6.54 Å². The lowest BCUT2D eigenvalue weighted by atomic mass is 10.2. The van der Waals surface area contributed by atoms with Gasteiger partial charge in [-0.3, -0.25) is 4.90 Å².